The van der Waals surface area contributed by atoms with Crippen LogP contribution < -0.4 is 5.35 Å². The second kappa shape index (κ2) is 3.61. The number of rotatable bonds is 1. The van der Waals surface area contributed by atoms with Crippen molar-refractivity contribution >= 4 is 27.6 Å². The van der Waals surface area contributed by atoms with E-state index in [-0.39, 0.29) is 5.78 Å². The topological polar surface area (TPSA) is 21.5 Å². The zero-order chi connectivity index (χ0) is 14.0. The predicted octanol–water partition coefficient (Wildman–Crippen LogP) is 3.21. The van der Waals surface area contributed by atoms with Crippen molar-refractivity contribution in [2.75, 3.05) is 0 Å². The van der Waals surface area contributed by atoms with Crippen molar-refractivity contribution in [1.82, 2.24) is 4.40 Å². The summed E-state index contributed by atoms with van der Waals surface area (Å²) in [6.45, 7) is 0. The lowest BCUT2D eigenvalue weighted by Gasteiger charge is -2.02. The van der Waals surface area contributed by atoms with Gasteiger partial charge in [-0.25, -0.2) is 0 Å². The van der Waals surface area contributed by atoms with Crippen molar-refractivity contribution in [2.45, 2.75) is 0 Å². The first kappa shape index (κ1) is 10.9. The maximum atomic E-state index is 12.8. The van der Waals surface area contributed by atoms with Gasteiger partial charge in [-0.3, -0.25) is 4.79 Å². The molecule has 2 heteroatoms. The molecule has 0 fully saturated rings. The molecule has 0 unspecified atom stereocenters. The van der Waals surface area contributed by atoms with E-state index in [1.807, 2.05) is 42.5 Å². The third-order valence-electron chi connectivity index (χ3n) is 4.30. The Morgan fingerprint density at radius 2 is 1.57 bits per heavy atom. The second-order valence-electron chi connectivity index (χ2n) is 5.44. The summed E-state index contributed by atoms with van der Waals surface area (Å²) in [5.74, 6) is 0.116. The summed E-state index contributed by atoms with van der Waals surface area (Å²) < 4.78 is 2.11. The van der Waals surface area contributed by atoms with Crippen molar-refractivity contribution < 1.29 is 4.79 Å². The van der Waals surface area contributed by atoms with Crippen LogP contribution in [-0.4, -0.2) is 10.2 Å². The summed E-state index contributed by atoms with van der Waals surface area (Å²) in [6.07, 6.45) is 0. The van der Waals surface area contributed by atoms with E-state index >= 15 is 0 Å². The van der Waals surface area contributed by atoms with Gasteiger partial charge in [0.15, 0.2) is 0 Å². The summed E-state index contributed by atoms with van der Waals surface area (Å²) in [6, 6.07) is 22.3. The molecular weight excluding hydrogens is 258 g/mol. The number of benzene rings is 2. The van der Waals surface area contributed by atoms with E-state index in [0.29, 0.717) is 0 Å². The maximum absolute atomic E-state index is 12.8. The molecule has 0 radical (unpaired) electrons. The van der Waals surface area contributed by atoms with Gasteiger partial charge in [-0.2, -0.15) is 0 Å². The van der Waals surface area contributed by atoms with E-state index in [1.54, 1.807) is 0 Å². The fraction of sp³-hybridized carbons (Fsp3) is 0. The largest absolute Gasteiger partial charge is 0.305 e. The lowest BCUT2D eigenvalue weighted by Crippen LogP contribution is -2.12. The van der Waals surface area contributed by atoms with Gasteiger partial charge in [0.25, 0.3) is 0 Å². The summed E-state index contributed by atoms with van der Waals surface area (Å²) in [5.41, 5.74) is 3.71. The predicted molar refractivity (Wildman–Crippen MR) is 83.4 cm³/mol. The van der Waals surface area contributed by atoms with Crippen molar-refractivity contribution in [3.8, 4) is 0 Å². The molecule has 1 aliphatic rings. The fourth-order valence-corrected chi connectivity index (χ4v) is 3.41. The van der Waals surface area contributed by atoms with Crippen LogP contribution in [0.4, 0.5) is 0 Å². The van der Waals surface area contributed by atoms with E-state index < -0.39 is 0 Å². The number of Topliss-reactive ketones (excluding diaryl/α,β-unsaturated/α-hetero) is 1. The highest BCUT2D eigenvalue weighted by Gasteiger charge is 2.27. The van der Waals surface area contributed by atoms with Gasteiger partial charge in [0.1, 0.15) is 0 Å². The summed E-state index contributed by atoms with van der Waals surface area (Å²) >= 11 is 0. The quantitative estimate of drug-likeness (QED) is 0.520. The van der Waals surface area contributed by atoms with Crippen LogP contribution in [0, 0.1) is 0 Å². The highest BCUT2D eigenvalue weighted by Crippen LogP contribution is 2.29. The first-order valence-electron chi connectivity index (χ1n) is 7.02. The molecule has 3 heterocycles. The van der Waals surface area contributed by atoms with Crippen molar-refractivity contribution in [3.05, 3.63) is 83.3 Å². The number of ketones is 1. The van der Waals surface area contributed by atoms with Crippen LogP contribution in [0.5, 0.6) is 0 Å². The minimum absolute atomic E-state index is 0.116. The Morgan fingerprint density at radius 1 is 0.762 bits per heavy atom. The van der Waals surface area contributed by atoms with Gasteiger partial charge in [0.2, 0.25) is 5.78 Å². The Morgan fingerprint density at radius 3 is 2.43 bits per heavy atom. The number of carbonyl (C=O) groups is 1. The number of para-hydroxylation sites is 1. The molecule has 0 amide bonds. The van der Waals surface area contributed by atoms with E-state index in [0.717, 1.165) is 33.1 Å². The van der Waals surface area contributed by atoms with E-state index in [9.17, 15) is 4.79 Å². The highest BCUT2D eigenvalue weighted by atomic mass is 16.1. The molecular formula is C19H11NO. The molecule has 21 heavy (non-hydrogen) atoms. The van der Waals surface area contributed by atoms with Crippen LogP contribution in [0.1, 0.15) is 16.1 Å². The van der Waals surface area contributed by atoms with Gasteiger partial charge in [-0.1, -0.05) is 54.6 Å². The van der Waals surface area contributed by atoms with Gasteiger partial charge in [-0.05, 0) is 23.1 Å². The monoisotopic (exact) mass is 269 g/mol. The Kier molecular flexibility index (Phi) is 1.87. The molecule has 0 N–H and O–H groups in total. The Balaban J connectivity index is 2.04. The zero-order valence-corrected chi connectivity index (χ0v) is 11.2. The summed E-state index contributed by atoms with van der Waals surface area (Å²) in [4.78, 5) is 12.8. The molecule has 0 saturated carbocycles. The highest BCUT2D eigenvalue weighted by molar-refractivity contribution is 6.31. The van der Waals surface area contributed by atoms with Crippen LogP contribution in [0.25, 0.3) is 21.9 Å². The molecule has 0 bridgehead atoms. The Hall–Kier alpha value is -2.87. The van der Waals surface area contributed by atoms with Crippen LogP contribution in [0.2, 0.25) is 0 Å². The third-order valence-corrected chi connectivity index (χ3v) is 4.30. The molecule has 4 aromatic rings. The average molecular weight is 269 g/mol. The lowest BCUT2D eigenvalue weighted by molar-refractivity contribution is 0.105. The van der Waals surface area contributed by atoms with Gasteiger partial charge in [0, 0.05) is 5.39 Å². The molecule has 0 aliphatic carbocycles. The van der Waals surface area contributed by atoms with Gasteiger partial charge >= 0.3 is 0 Å². The minimum atomic E-state index is 0.116. The van der Waals surface area contributed by atoms with Gasteiger partial charge < -0.3 is 4.40 Å². The molecule has 5 rings (SSSR count). The SMILES string of the molecule is O=C1C(c2ccccc2)=c2ccc3cccc4cc1n2c34. The number of pyridine rings is 1. The van der Waals surface area contributed by atoms with Crippen LogP contribution in [-0.2, 0) is 0 Å². The average Bonchev–Trinajstić information content (AvgIpc) is 3.04. The van der Waals surface area contributed by atoms with Crippen molar-refractivity contribution in [2.24, 2.45) is 0 Å². The maximum Gasteiger partial charge on any atom is 0.212 e. The molecule has 98 valence electrons. The smallest absolute Gasteiger partial charge is 0.212 e. The number of hydrogen-bond acceptors (Lipinski definition) is 1. The summed E-state index contributed by atoms with van der Waals surface area (Å²) in [5, 5.41) is 3.30. The number of hydrogen-bond donors (Lipinski definition) is 0. The van der Waals surface area contributed by atoms with E-state index in [4.69, 9.17) is 0 Å². The second-order valence-corrected chi connectivity index (χ2v) is 5.44. The third kappa shape index (κ3) is 1.24. The molecule has 1 aliphatic heterocycles. The number of nitrogens with zero attached hydrogens (tertiary/aromatic N) is 1. The number of carbonyl (C=O) groups excluding carboxylic acids is 1. The molecule has 2 nitrogen and oxygen atoms in total. The Bertz CT molecular complexity index is 1090. The van der Waals surface area contributed by atoms with Crippen LogP contribution in [0.3, 0.4) is 0 Å². The molecule has 2 aromatic carbocycles. The molecule has 0 atom stereocenters. The summed E-state index contributed by atoms with van der Waals surface area (Å²) in [7, 11) is 0. The van der Waals surface area contributed by atoms with Crippen molar-refractivity contribution in [1.29, 1.82) is 0 Å². The van der Waals surface area contributed by atoms with E-state index in [1.165, 1.54) is 5.39 Å². The van der Waals surface area contributed by atoms with Gasteiger partial charge in [0.05, 0.1) is 22.1 Å². The normalized spacial score (nSPS) is 13.7. The van der Waals surface area contributed by atoms with Crippen LogP contribution >= 0.6 is 0 Å². The number of aromatic nitrogens is 1. The molecule has 2 aromatic heterocycles. The Labute approximate surface area is 120 Å². The minimum Gasteiger partial charge on any atom is -0.305 e. The van der Waals surface area contributed by atoms with E-state index in [2.05, 4.69) is 28.7 Å². The first-order valence-corrected chi connectivity index (χ1v) is 7.02. The zero-order valence-electron chi connectivity index (χ0n) is 11.2. The van der Waals surface area contributed by atoms with Gasteiger partial charge in [-0.15, -0.1) is 0 Å². The molecule has 0 spiro atoms. The lowest BCUT2D eigenvalue weighted by atomic mass is 10.0. The standard InChI is InChI=1S/C19H11NO/c21-19-16-11-14-8-4-7-13-9-10-15(20(16)18(13)14)17(19)12-5-2-1-3-6-12/h1-11H. The fourth-order valence-electron chi connectivity index (χ4n) is 3.41. The van der Waals surface area contributed by atoms with Crippen molar-refractivity contribution in [3.63, 3.8) is 0 Å². The van der Waals surface area contributed by atoms with Crippen LogP contribution in [0.15, 0.2) is 66.7 Å². The first-order chi connectivity index (χ1) is 10.3. The molecule has 0 saturated heterocycles.